The maximum Gasteiger partial charge on any atom is 0.161 e. The van der Waals surface area contributed by atoms with Gasteiger partial charge < -0.3 is 0 Å². The zero-order valence-electron chi connectivity index (χ0n) is 8.38. The van der Waals surface area contributed by atoms with E-state index in [9.17, 15) is 4.79 Å². The van der Waals surface area contributed by atoms with Crippen molar-refractivity contribution in [1.82, 2.24) is 0 Å². The summed E-state index contributed by atoms with van der Waals surface area (Å²) >= 11 is 0. The van der Waals surface area contributed by atoms with Crippen LogP contribution in [0, 0.1) is 17.8 Å². The van der Waals surface area contributed by atoms with Gasteiger partial charge in [-0.25, -0.2) is 0 Å². The van der Waals surface area contributed by atoms with Crippen molar-refractivity contribution in [2.45, 2.75) is 39.0 Å². The summed E-state index contributed by atoms with van der Waals surface area (Å²) in [7, 11) is 0. The monoisotopic (exact) mass is 178 g/mol. The van der Waals surface area contributed by atoms with Crippen LogP contribution in [-0.2, 0) is 4.79 Å². The predicted molar refractivity (Wildman–Crippen MR) is 53.4 cm³/mol. The van der Waals surface area contributed by atoms with Crippen molar-refractivity contribution in [3.8, 4) is 0 Å². The first-order valence-electron chi connectivity index (χ1n) is 5.38. The van der Waals surface area contributed by atoms with Crippen molar-refractivity contribution >= 4 is 5.78 Å². The van der Waals surface area contributed by atoms with Crippen LogP contribution in [0.5, 0.6) is 0 Å². The second-order valence-electron chi connectivity index (χ2n) is 4.77. The number of hydrogen-bond donors (Lipinski definition) is 0. The van der Waals surface area contributed by atoms with E-state index in [1.807, 2.05) is 6.92 Å². The molecule has 0 amide bonds. The quantitative estimate of drug-likeness (QED) is 0.594. The fraction of sp³-hybridized carbons (Fsp3) is 0.750. The number of carbonyl (C=O) groups excluding carboxylic acids is 1. The first-order chi connectivity index (χ1) is 6.18. The van der Waals surface area contributed by atoms with Crippen molar-refractivity contribution in [3.63, 3.8) is 0 Å². The lowest BCUT2D eigenvalue weighted by Crippen LogP contribution is -2.36. The van der Waals surface area contributed by atoms with Crippen LogP contribution in [0.25, 0.3) is 0 Å². The molecule has 0 aromatic rings. The summed E-state index contributed by atoms with van der Waals surface area (Å²) in [6.45, 7) is 5.62. The van der Waals surface area contributed by atoms with Crippen molar-refractivity contribution < 1.29 is 4.79 Å². The van der Waals surface area contributed by atoms with Crippen LogP contribution < -0.4 is 0 Å². The molecule has 0 aromatic heterocycles. The van der Waals surface area contributed by atoms with Crippen LogP contribution in [0.1, 0.15) is 39.0 Å². The zero-order valence-corrected chi connectivity index (χ0v) is 8.38. The van der Waals surface area contributed by atoms with Gasteiger partial charge in [-0.2, -0.15) is 0 Å². The highest BCUT2D eigenvalue weighted by atomic mass is 16.1. The first kappa shape index (κ1) is 8.98. The normalized spacial score (nSPS) is 37.5. The fourth-order valence-electron chi connectivity index (χ4n) is 3.02. The molecule has 3 saturated carbocycles. The second-order valence-corrected chi connectivity index (χ2v) is 4.77. The molecule has 0 saturated heterocycles. The molecule has 0 aliphatic heterocycles. The van der Waals surface area contributed by atoms with Crippen molar-refractivity contribution in [2.75, 3.05) is 0 Å². The van der Waals surface area contributed by atoms with Gasteiger partial charge in [0.25, 0.3) is 0 Å². The second kappa shape index (κ2) is 3.28. The molecule has 0 heterocycles. The summed E-state index contributed by atoms with van der Waals surface area (Å²) in [5, 5.41) is 0. The SMILES string of the molecule is C=C(C)C(=O)C1CC2CCC1CC2. The highest BCUT2D eigenvalue weighted by molar-refractivity contribution is 5.96. The summed E-state index contributed by atoms with van der Waals surface area (Å²) in [6.07, 6.45) is 6.45. The number of allylic oxidation sites excluding steroid dienone is 1. The lowest BCUT2D eigenvalue weighted by molar-refractivity contribution is -0.124. The van der Waals surface area contributed by atoms with Crippen molar-refractivity contribution in [3.05, 3.63) is 12.2 Å². The molecule has 0 spiro atoms. The topological polar surface area (TPSA) is 17.1 Å². The third kappa shape index (κ3) is 1.56. The van der Waals surface area contributed by atoms with Crippen molar-refractivity contribution in [2.24, 2.45) is 17.8 Å². The van der Waals surface area contributed by atoms with Crippen LogP contribution in [0.3, 0.4) is 0 Å². The third-order valence-corrected chi connectivity index (χ3v) is 3.81. The largest absolute Gasteiger partial charge is 0.294 e. The van der Waals surface area contributed by atoms with Gasteiger partial charge in [-0.1, -0.05) is 19.4 Å². The maximum atomic E-state index is 11.8. The van der Waals surface area contributed by atoms with Gasteiger partial charge >= 0.3 is 0 Å². The molecular weight excluding hydrogens is 160 g/mol. The van der Waals surface area contributed by atoms with Crippen LogP contribution in [0.4, 0.5) is 0 Å². The van der Waals surface area contributed by atoms with E-state index in [1.165, 1.54) is 25.7 Å². The van der Waals surface area contributed by atoms with Gasteiger partial charge in [-0.05, 0) is 43.6 Å². The van der Waals surface area contributed by atoms with E-state index in [4.69, 9.17) is 0 Å². The highest BCUT2D eigenvalue weighted by Crippen LogP contribution is 2.45. The smallest absolute Gasteiger partial charge is 0.161 e. The minimum absolute atomic E-state index is 0.338. The molecule has 3 aliphatic carbocycles. The maximum absolute atomic E-state index is 11.8. The number of ketones is 1. The lowest BCUT2D eigenvalue weighted by Gasteiger charge is -2.41. The molecule has 1 nitrogen and oxygen atoms in total. The standard InChI is InChI=1S/C12H18O/c1-8(2)12(13)11-7-9-3-5-10(11)6-4-9/h9-11H,1,3-7H2,2H3. The van der Waals surface area contributed by atoms with E-state index in [1.54, 1.807) is 0 Å². The Morgan fingerprint density at radius 1 is 1.23 bits per heavy atom. The third-order valence-electron chi connectivity index (χ3n) is 3.81. The number of carbonyl (C=O) groups is 1. The van der Waals surface area contributed by atoms with Gasteiger partial charge in [-0.15, -0.1) is 0 Å². The number of fused-ring (bicyclic) bond motifs is 3. The van der Waals surface area contributed by atoms with Crippen LogP contribution in [0.15, 0.2) is 12.2 Å². The summed E-state index contributed by atoms with van der Waals surface area (Å²) in [5.41, 5.74) is 0.762. The molecule has 1 atom stereocenters. The molecule has 0 radical (unpaired) electrons. The molecule has 0 N–H and O–H groups in total. The average Bonchev–Trinajstić information content (AvgIpc) is 2.18. The van der Waals surface area contributed by atoms with Gasteiger partial charge in [-0.3, -0.25) is 4.79 Å². The Kier molecular flexibility index (Phi) is 2.27. The Balaban J connectivity index is 2.08. The van der Waals surface area contributed by atoms with Crippen LogP contribution >= 0.6 is 0 Å². The van der Waals surface area contributed by atoms with Gasteiger partial charge in [0, 0.05) is 5.92 Å². The van der Waals surface area contributed by atoms with Gasteiger partial charge in [0.05, 0.1) is 0 Å². The van der Waals surface area contributed by atoms with Gasteiger partial charge in [0.2, 0.25) is 0 Å². The minimum atomic E-state index is 0.338. The number of rotatable bonds is 2. The summed E-state index contributed by atoms with van der Waals surface area (Å²) in [6, 6.07) is 0. The Hall–Kier alpha value is -0.590. The Morgan fingerprint density at radius 3 is 2.23 bits per heavy atom. The van der Waals surface area contributed by atoms with Gasteiger partial charge in [0.15, 0.2) is 5.78 Å². The highest BCUT2D eigenvalue weighted by Gasteiger charge is 2.38. The predicted octanol–water partition coefficient (Wildman–Crippen LogP) is 2.96. The number of Topliss-reactive ketones (excluding diaryl/α,β-unsaturated/α-hetero) is 1. The molecule has 0 aromatic carbocycles. The molecule has 3 rings (SSSR count). The molecule has 2 bridgehead atoms. The zero-order chi connectivity index (χ0) is 9.42. The molecule has 13 heavy (non-hydrogen) atoms. The summed E-state index contributed by atoms with van der Waals surface area (Å²) < 4.78 is 0. The fourth-order valence-corrected chi connectivity index (χ4v) is 3.02. The molecule has 1 unspecified atom stereocenters. The molecular formula is C12H18O. The van der Waals surface area contributed by atoms with E-state index in [2.05, 4.69) is 6.58 Å². The van der Waals surface area contributed by atoms with Gasteiger partial charge in [0.1, 0.15) is 0 Å². The Labute approximate surface area is 80.2 Å². The summed E-state index contributed by atoms with van der Waals surface area (Å²) in [4.78, 5) is 11.8. The molecule has 72 valence electrons. The first-order valence-corrected chi connectivity index (χ1v) is 5.38. The minimum Gasteiger partial charge on any atom is -0.294 e. The Morgan fingerprint density at radius 2 is 1.85 bits per heavy atom. The van der Waals surface area contributed by atoms with Crippen LogP contribution in [0.2, 0.25) is 0 Å². The Bertz CT molecular complexity index is 234. The summed E-state index contributed by atoms with van der Waals surface area (Å²) in [5.74, 6) is 2.21. The van der Waals surface area contributed by atoms with E-state index in [0.29, 0.717) is 17.6 Å². The van der Waals surface area contributed by atoms with Crippen LogP contribution in [-0.4, -0.2) is 5.78 Å². The van der Waals surface area contributed by atoms with E-state index in [-0.39, 0.29) is 0 Å². The molecule has 1 heteroatoms. The van der Waals surface area contributed by atoms with E-state index >= 15 is 0 Å². The van der Waals surface area contributed by atoms with E-state index in [0.717, 1.165) is 17.9 Å². The van der Waals surface area contributed by atoms with Crippen molar-refractivity contribution in [1.29, 1.82) is 0 Å². The lowest BCUT2D eigenvalue weighted by atomic mass is 9.63. The average molecular weight is 178 g/mol. The molecule has 3 aliphatic rings. The van der Waals surface area contributed by atoms with E-state index < -0.39 is 0 Å². The molecule has 3 fully saturated rings. The number of hydrogen-bond acceptors (Lipinski definition) is 1.